The molecule has 3 aliphatic rings. The number of carbonyl (C=O) groups is 1. The lowest BCUT2D eigenvalue weighted by Gasteiger charge is -2.34. The summed E-state index contributed by atoms with van der Waals surface area (Å²) in [4.78, 5) is 40.0. The number of nitrogens with zero attached hydrogens (tertiary/aromatic N) is 7. The third-order valence-corrected chi connectivity index (χ3v) is 13.0. The maximum absolute atomic E-state index is 14.1. The van der Waals surface area contributed by atoms with Gasteiger partial charge in [-0.3, -0.25) is 9.80 Å². The van der Waals surface area contributed by atoms with Crippen LogP contribution in [0.1, 0.15) is 53.6 Å². The van der Waals surface area contributed by atoms with Crippen LogP contribution in [-0.2, 0) is 35.5 Å². The number of hydrogen-bond donors (Lipinski definition) is 1. The van der Waals surface area contributed by atoms with E-state index in [-0.39, 0.29) is 30.8 Å². The zero-order valence-electron chi connectivity index (χ0n) is 34.6. The SMILES string of the molecule is C#C/C(Cl)=C1\C=C/Cc2c(-c3ccc(F)cc3)sc3ncnc(c23)O[C@@H](C(=O)O)Cc2cc(ccc2OCc2ccnc([C@H]3CCCCO3)n2)CN(CCN2CCN(C)CC2)C1. The minimum absolute atomic E-state index is 0.0332. The fourth-order valence-corrected chi connectivity index (χ4v) is 9.34. The molecule has 6 heterocycles. The molecule has 3 aliphatic heterocycles. The smallest absolute Gasteiger partial charge is 0.345 e. The van der Waals surface area contributed by atoms with E-state index in [0.29, 0.717) is 64.2 Å². The molecule has 2 fully saturated rings. The Labute approximate surface area is 370 Å². The van der Waals surface area contributed by atoms with E-state index in [1.165, 1.54) is 29.8 Å². The molecule has 62 heavy (non-hydrogen) atoms. The molecule has 0 unspecified atom stereocenters. The Morgan fingerprint density at radius 3 is 2.65 bits per heavy atom. The van der Waals surface area contributed by atoms with Crippen molar-refractivity contribution in [1.29, 1.82) is 0 Å². The predicted molar refractivity (Wildman–Crippen MR) is 238 cm³/mol. The largest absolute Gasteiger partial charge is 0.487 e. The van der Waals surface area contributed by atoms with Gasteiger partial charge in [0, 0.05) is 76.5 Å². The second-order valence-corrected chi connectivity index (χ2v) is 17.2. The first-order chi connectivity index (χ1) is 30.2. The van der Waals surface area contributed by atoms with Gasteiger partial charge in [-0.2, -0.15) is 0 Å². The number of aliphatic carboxylic acids is 1. The highest BCUT2D eigenvalue weighted by Gasteiger charge is 2.28. The lowest BCUT2D eigenvalue weighted by molar-refractivity contribution is -0.145. The standard InChI is InChI=1S/C47H49ClFN7O5S/c1-3-38(48)33-7-6-8-37-42-45(51-30-52-46(42)62-43(37)32-11-13-35(49)14-12-32)61-41(47(57)58)26-34-25-31(27-56(28-33)23-22-55-20-18-54(2)19-21-55)10-15-39(34)60-29-36-16-17-50-44(53-36)40-9-4-5-24-59-40/h1,6-7,10-17,25,30,40-41H,4-5,8-9,18-24,26-29H2,2H3,(H,57,58)/b7-6-,38-33-/t40-,41-/m1/s1. The fourth-order valence-electron chi connectivity index (χ4n) is 8.04. The van der Waals surface area contributed by atoms with Crippen molar-refractivity contribution in [3.8, 4) is 34.4 Å². The van der Waals surface area contributed by atoms with Crippen molar-refractivity contribution in [2.75, 3.05) is 59.5 Å². The molecule has 0 saturated carbocycles. The van der Waals surface area contributed by atoms with Gasteiger partial charge in [-0.05, 0) is 84.8 Å². The van der Waals surface area contributed by atoms with Gasteiger partial charge in [-0.1, -0.05) is 53.9 Å². The highest BCUT2D eigenvalue weighted by atomic mass is 35.5. The molecule has 0 spiro atoms. The van der Waals surface area contributed by atoms with Crippen LogP contribution >= 0.6 is 22.9 Å². The van der Waals surface area contributed by atoms with Gasteiger partial charge in [0.2, 0.25) is 12.0 Å². The van der Waals surface area contributed by atoms with E-state index in [0.717, 1.165) is 85.7 Å². The number of thiophene rings is 1. The van der Waals surface area contributed by atoms with Crippen molar-refractivity contribution in [3.05, 3.63) is 118 Å². The number of fused-ring (bicyclic) bond motifs is 2. The molecule has 1 N–H and O–H groups in total. The average molecular weight is 878 g/mol. The number of benzene rings is 2. The first kappa shape index (κ1) is 43.4. The number of rotatable bonds is 9. The number of ether oxygens (including phenoxy) is 3. The average Bonchev–Trinajstić information content (AvgIpc) is 3.67. The summed E-state index contributed by atoms with van der Waals surface area (Å²) in [5.74, 6) is 2.41. The number of carboxylic acids is 1. The number of aromatic nitrogens is 4. The van der Waals surface area contributed by atoms with Gasteiger partial charge >= 0.3 is 5.97 Å². The van der Waals surface area contributed by atoms with E-state index in [1.54, 1.807) is 18.3 Å². The molecule has 0 amide bonds. The third-order valence-electron chi connectivity index (χ3n) is 11.5. The summed E-state index contributed by atoms with van der Waals surface area (Å²) in [5, 5.41) is 11.6. The minimum atomic E-state index is -1.34. The zero-order valence-corrected chi connectivity index (χ0v) is 36.2. The Bertz CT molecular complexity index is 2480. The van der Waals surface area contributed by atoms with E-state index in [9.17, 15) is 14.3 Å². The molecule has 2 aromatic carbocycles. The molecule has 322 valence electrons. The summed E-state index contributed by atoms with van der Waals surface area (Å²) in [7, 11) is 2.14. The van der Waals surface area contributed by atoms with Crippen LogP contribution in [0, 0.1) is 18.2 Å². The molecule has 2 atom stereocenters. The molecular weight excluding hydrogens is 829 g/mol. The number of carboxylic acid groups (broad SMARTS) is 1. The lowest BCUT2D eigenvalue weighted by Crippen LogP contribution is -2.47. The summed E-state index contributed by atoms with van der Waals surface area (Å²) in [6.45, 7) is 7.34. The van der Waals surface area contributed by atoms with E-state index in [2.05, 4.69) is 42.6 Å². The van der Waals surface area contributed by atoms with Crippen molar-refractivity contribution in [1.82, 2.24) is 34.6 Å². The van der Waals surface area contributed by atoms with Gasteiger partial charge < -0.3 is 24.2 Å². The number of allylic oxidation sites excluding steroid dienone is 2. The van der Waals surface area contributed by atoms with Gasteiger partial charge in [0.05, 0.1) is 16.1 Å². The van der Waals surface area contributed by atoms with Gasteiger partial charge in [-0.15, -0.1) is 17.8 Å². The van der Waals surface area contributed by atoms with Crippen molar-refractivity contribution in [3.63, 3.8) is 0 Å². The van der Waals surface area contributed by atoms with Crippen LogP contribution in [0.5, 0.6) is 11.6 Å². The summed E-state index contributed by atoms with van der Waals surface area (Å²) >= 11 is 8.22. The molecule has 8 rings (SSSR count). The zero-order chi connectivity index (χ0) is 43.0. The van der Waals surface area contributed by atoms with E-state index in [1.807, 2.05) is 36.4 Å². The van der Waals surface area contributed by atoms with Crippen LogP contribution in [0.4, 0.5) is 4.39 Å². The van der Waals surface area contributed by atoms with Crippen LogP contribution in [-0.4, -0.2) is 111 Å². The summed E-state index contributed by atoms with van der Waals surface area (Å²) in [6, 6.07) is 13.9. The number of terminal acetylenes is 1. The second-order valence-electron chi connectivity index (χ2n) is 15.9. The Morgan fingerprint density at radius 1 is 1.05 bits per heavy atom. The number of piperazine rings is 1. The predicted octanol–water partition coefficient (Wildman–Crippen LogP) is 7.47. The van der Waals surface area contributed by atoms with Crippen molar-refractivity contribution < 1.29 is 28.5 Å². The lowest BCUT2D eigenvalue weighted by atomic mass is 10.0. The summed E-state index contributed by atoms with van der Waals surface area (Å²) in [5.41, 5.74) is 4.64. The van der Waals surface area contributed by atoms with Crippen molar-refractivity contribution in [2.24, 2.45) is 0 Å². The molecular formula is C47H49ClFN7O5S. The normalized spacial score (nSPS) is 20.9. The van der Waals surface area contributed by atoms with Crippen LogP contribution in [0.25, 0.3) is 20.7 Å². The molecule has 15 heteroatoms. The Balaban J connectivity index is 1.19. The van der Waals surface area contributed by atoms with Crippen LogP contribution in [0.15, 0.2) is 83.8 Å². The maximum atomic E-state index is 14.1. The van der Waals surface area contributed by atoms with Crippen molar-refractivity contribution in [2.45, 2.75) is 57.5 Å². The summed E-state index contributed by atoms with van der Waals surface area (Å²) in [6.07, 6.45) is 14.8. The van der Waals surface area contributed by atoms with E-state index in [4.69, 9.17) is 37.2 Å². The quantitative estimate of drug-likeness (QED) is 0.148. The first-order valence-electron chi connectivity index (χ1n) is 21.0. The Kier molecular flexibility index (Phi) is 14.2. The minimum Gasteiger partial charge on any atom is -0.487 e. The topological polar surface area (TPSA) is 126 Å². The molecule has 5 aromatic rings. The summed E-state index contributed by atoms with van der Waals surface area (Å²) < 4.78 is 33.0. The molecule has 2 saturated heterocycles. The van der Waals surface area contributed by atoms with Gasteiger partial charge in [0.15, 0.2) is 5.82 Å². The number of halogens is 2. The van der Waals surface area contributed by atoms with E-state index >= 15 is 0 Å². The number of likely N-dealkylation sites (N-methyl/N-ethyl adjacent to an activating group) is 1. The maximum Gasteiger partial charge on any atom is 0.345 e. The third kappa shape index (κ3) is 10.7. The Morgan fingerprint density at radius 2 is 1.87 bits per heavy atom. The number of hydrogen-bond acceptors (Lipinski definition) is 12. The van der Waals surface area contributed by atoms with Gasteiger partial charge in [0.1, 0.15) is 35.4 Å². The van der Waals surface area contributed by atoms with Crippen LogP contribution in [0.2, 0.25) is 0 Å². The molecule has 12 nitrogen and oxygen atoms in total. The van der Waals surface area contributed by atoms with Crippen LogP contribution < -0.4 is 9.47 Å². The fraction of sp³-hybridized carbons (Fsp3) is 0.383. The Hall–Kier alpha value is -5.27. The first-order valence-corrected chi connectivity index (χ1v) is 22.1. The second kappa shape index (κ2) is 20.3. The molecule has 0 aliphatic carbocycles. The molecule has 3 aromatic heterocycles. The van der Waals surface area contributed by atoms with Crippen LogP contribution in [0.3, 0.4) is 0 Å². The van der Waals surface area contributed by atoms with Crippen molar-refractivity contribution >= 4 is 39.1 Å². The van der Waals surface area contributed by atoms with Gasteiger partial charge in [-0.25, -0.2) is 29.1 Å². The van der Waals surface area contributed by atoms with E-state index < -0.39 is 12.1 Å². The van der Waals surface area contributed by atoms with Gasteiger partial charge in [0.25, 0.3) is 0 Å². The molecule has 2 bridgehead atoms. The highest BCUT2D eigenvalue weighted by Crippen LogP contribution is 2.42. The molecule has 0 radical (unpaired) electrons. The monoisotopic (exact) mass is 877 g/mol. The highest BCUT2D eigenvalue weighted by molar-refractivity contribution is 7.22.